The molecule has 2 heterocycles. The maximum absolute atomic E-state index is 7.01. The SMILES string of the molecule is CC1(C)c2cccc3c2-c2c1c(Cl)cc1c4ccccc4n(c21)-c1ccccc1-3. The van der Waals surface area contributed by atoms with Crippen LogP contribution in [-0.4, -0.2) is 4.57 Å². The van der Waals surface area contributed by atoms with Gasteiger partial charge >= 0.3 is 0 Å². The van der Waals surface area contributed by atoms with E-state index in [4.69, 9.17) is 11.6 Å². The summed E-state index contributed by atoms with van der Waals surface area (Å²) in [6, 6.07) is 26.4. The molecule has 0 saturated heterocycles. The number of nitrogens with zero attached hydrogens (tertiary/aromatic N) is 1. The number of rotatable bonds is 0. The van der Waals surface area contributed by atoms with Crippen molar-refractivity contribution >= 4 is 33.4 Å². The predicted octanol–water partition coefficient (Wildman–Crippen LogP) is 7.72. The van der Waals surface area contributed by atoms with Gasteiger partial charge in [-0.3, -0.25) is 0 Å². The molecule has 0 amide bonds. The lowest BCUT2D eigenvalue weighted by Crippen LogP contribution is -2.16. The lowest BCUT2D eigenvalue weighted by molar-refractivity contribution is 0.661. The second-order valence-corrected chi connectivity index (χ2v) is 9.13. The van der Waals surface area contributed by atoms with Crippen LogP contribution in [0.3, 0.4) is 0 Å². The minimum absolute atomic E-state index is 0.125. The number of hydrogen-bond donors (Lipinski definition) is 0. The van der Waals surface area contributed by atoms with Crippen LogP contribution >= 0.6 is 11.6 Å². The van der Waals surface area contributed by atoms with E-state index in [1.807, 2.05) is 0 Å². The summed E-state index contributed by atoms with van der Waals surface area (Å²) in [6.45, 7) is 4.61. The van der Waals surface area contributed by atoms with Crippen LogP contribution in [0.1, 0.15) is 25.0 Å². The van der Waals surface area contributed by atoms with Crippen LogP contribution in [0, 0.1) is 0 Å². The molecular formula is C27H18ClN. The number of fused-ring (bicyclic) bond motifs is 6. The Morgan fingerprint density at radius 3 is 2.41 bits per heavy atom. The number of aromatic nitrogens is 1. The Morgan fingerprint density at radius 2 is 1.52 bits per heavy atom. The molecule has 0 radical (unpaired) electrons. The number of halogens is 1. The van der Waals surface area contributed by atoms with E-state index in [0.717, 1.165) is 5.02 Å². The zero-order chi connectivity index (χ0) is 19.5. The first-order valence-corrected chi connectivity index (χ1v) is 10.5. The van der Waals surface area contributed by atoms with Gasteiger partial charge in [0.15, 0.2) is 0 Å². The van der Waals surface area contributed by atoms with Crippen molar-refractivity contribution in [2.45, 2.75) is 19.3 Å². The molecule has 29 heavy (non-hydrogen) atoms. The summed E-state index contributed by atoms with van der Waals surface area (Å²) < 4.78 is 2.46. The summed E-state index contributed by atoms with van der Waals surface area (Å²) in [4.78, 5) is 0. The maximum atomic E-state index is 7.01. The van der Waals surface area contributed by atoms with E-state index in [1.54, 1.807) is 0 Å². The highest BCUT2D eigenvalue weighted by atomic mass is 35.5. The minimum atomic E-state index is -0.125. The van der Waals surface area contributed by atoms with Crippen molar-refractivity contribution in [3.63, 3.8) is 0 Å². The van der Waals surface area contributed by atoms with Gasteiger partial charge in [0.2, 0.25) is 0 Å². The number of benzene rings is 4. The van der Waals surface area contributed by atoms with Crippen molar-refractivity contribution in [1.29, 1.82) is 0 Å². The van der Waals surface area contributed by atoms with Gasteiger partial charge in [-0.2, -0.15) is 0 Å². The molecule has 0 spiro atoms. The predicted molar refractivity (Wildman–Crippen MR) is 122 cm³/mol. The van der Waals surface area contributed by atoms with Crippen LogP contribution < -0.4 is 0 Å². The first kappa shape index (κ1) is 15.8. The molecule has 0 bridgehead atoms. The molecule has 1 nitrogen and oxygen atoms in total. The molecule has 1 aliphatic carbocycles. The zero-order valence-corrected chi connectivity index (χ0v) is 17.0. The molecule has 0 N–H and O–H groups in total. The molecule has 4 aromatic carbocycles. The van der Waals surface area contributed by atoms with Gasteiger partial charge in [0.1, 0.15) is 0 Å². The van der Waals surface area contributed by atoms with E-state index in [0.29, 0.717) is 0 Å². The molecule has 7 rings (SSSR count). The van der Waals surface area contributed by atoms with E-state index in [-0.39, 0.29) is 5.41 Å². The van der Waals surface area contributed by atoms with Crippen molar-refractivity contribution in [2.75, 3.05) is 0 Å². The third kappa shape index (κ3) is 1.66. The van der Waals surface area contributed by atoms with Crippen LogP contribution in [0.4, 0.5) is 0 Å². The average Bonchev–Trinajstić information content (AvgIpc) is 3.13. The molecule has 1 aliphatic heterocycles. The van der Waals surface area contributed by atoms with Gasteiger partial charge in [0.25, 0.3) is 0 Å². The third-order valence-electron chi connectivity index (χ3n) is 6.96. The molecule has 138 valence electrons. The minimum Gasteiger partial charge on any atom is -0.308 e. The molecule has 0 atom stereocenters. The summed E-state index contributed by atoms with van der Waals surface area (Å²) in [5, 5.41) is 3.36. The van der Waals surface area contributed by atoms with Crippen molar-refractivity contribution in [2.24, 2.45) is 0 Å². The Morgan fingerprint density at radius 1 is 0.759 bits per heavy atom. The monoisotopic (exact) mass is 391 g/mol. The second-order valence-electron chi connectivity index (χ2n) is 8.73. The first-order valence-electron chi connectivity index (χ1n) is 10.1. The fourth-order valence-electron chi connectivity index (χ4n) is 5.80. The lowest BCUT2D eigenvalue weighted by Gasteiger charge is -2.23. The smallest absolute Gasteiger partial charge is 0.0624 e. The van der Waals surface area contributed by atoms with E-state index in [2.05, 4.69) is 91.2 Å². The molecule has 0 unspecified atom stereocenters. The van der Waals surface area contributed by atoms with Crippen molar-refractivity contribution in [1.82, 2.24) is 4.57 Å². The van der Waals surface area contributed by atoms with E-state index < -0.39 is 0 Å². The molecule has 2 heteroatoms. The summed E-state index contributed by atoms with van der Waals surface area (Å²) in [6.07, 6.45) is 0. The standard InChI is InChI=1S/C27H18ClN/c1-27(2)19-11-7-10-17-15-8-3-5-12-21(15)29-22-13-6-4-9-16(22)18-14-20(28)25(27)24(23(17)19)26(18)29/h3-14H,1-2H3. The van der Waals surface area contributed by atoms with Crippen molar-refractivity contribution in [3.05, 3.63) is 88.9 Å². The molecule has 2 aliphatic rings. The van der Waals surface area contributed by atoms with Gasteiger partial charge in [0, 0.05) is 32.3 Å². The molecule has 0 fully saturated rings. The van der Waals surface area contributed by atoms with Crippen molar-refractivity contribution in [3.8, 4) is 27.9 Å². The van der Waals surface area contributed by atoms with Gasteiger partial charge in [-0.1, -0.05) is 80.0 Å². The molecule has 5 aromatic rings. The van der Waals surface area contributed by atoms with Gasteiger partial charge in [-0.25, -0.2) is 0 Å². The summed E-state index contributed by atoms with van der Waals surface area (Å²) >= 11 is 7.01. The first-order chi connectivity index (χ1) is 14.1. The summed E-state index contributed by atoms with van der Waals surface area (Å²) in [5.41, 5.74) is 11.5. The fourth-order valence-corrected chi connectivity index (χ4v) is 6.24. The summed E-state index contributed by atoms with van der Waals surface area (Å²) in [7, 11) is 0. The van der Waals surface area contributed by atoms with E-state index in [9.17, 15) is 0 Å². The van der Waals surface area contributed by atoms with Crippen LogP contribution in [-0.2, 0) is 5.41 Å². The second kappa shape index (κ2) is 4.93. The average molecular weight is 392 g/mol. The van der Waals surface area contributed by atoms with Crippen LogP contribution in [0.2, 0.25) is 5.02 Å². The normalized spacial score (nSPS) is 15.0. The lowest BCUT2D eigenvalue weighted by atomic mass is 9.81. The Balaban J connectivity index is 1.90. The Bertz CT molecular complexity index is 1530. The maximum Gasteiger partial charge on any atom is 0.0624 e. The highest BCUT2D eigenvalue weighted by Crippen LogP contribution is 2.59. The summed E-state index contributed by atoms with van der Waals surface area (Å²) in [5.74, 6) is 0. The van der Waals surface area contributed by atoms with Crippen LogP contribution in [0.5, 0.6) is 0 Å². The van der Waals surface area contributed by atoms with E-state index >= 15 is 0 Å². The molecule has 0 saturated carbocycles. The largest absolute Gasteiger partial charge is 0.308 e. The Labute approximate surface area is 174 Å². The zero-order valence-electron chi connectivity index (χ0n) is 16.3. The van der Waals surface area contributed by atoms with Gasteiger partial charge < -0.3 is 4.57 Å². The van der Waals surface area contributed by atoms with Gasteiger partial charge in [-0.15, -0.1) is 0 Å². The van der Waals surface area contributed by atoms with Gasteiger partial charge in [0.05, 0.1) is 16.7 Å². The van der Waals surface area contributed by atoms with Crippen LogP contribution in [0.15, 0.2) is 72.8 Å². The number of hydrogen-bond acceptors (Lipinski definition) is 0. The fraction of sp³-hybridized carbons (Fsp3) is 0.111. The van der Waals surface area contributed by atoms with E-state index in [1.165, 1.54) is 60.9 Å². The topological polar surface area (TPSA) is 4.93 Å². The molecular weight excluding hydrogens is 374 g/mol. The Kier molecular flexibility index (Phi) is 2.69. The van der Waals surface area contributed by atoms with Gasteiger partial charge in [-0.05, 0) is 40.5 Å². The highest BCUT2D eigenvalue weighted by molar-refractivity contribution is 6.35. The van der Waals surface area contributed by atoms with Crippen LogP contribution in [0.25, 0.3) is 49.7 Å². The Hall–Kier alpha value is -3.03. The third-order valence-corrected chi connectivity index (χ3v) is 7.26. The highest BCUT2D eigenvalue weighted by Gasteiger charge is 2.42. The molecule has 1 aromatic heterocycles. The van der Waals surface area contributed by atoms with Crippen molar-refractivity contribution < 1.29 is 0 Å². The quantitative estimate of drug-likeness (QED) is 0.249. The number of para-hydroxylation sites is 2.